The molecule has 1 aliphatic heterocycles. The predicted molar refractivity (Wildman–Crippen MR) is 48.2 cm³/mol. The SMILES string of the molecule is N#C[C@]1(N)COc2ccccc2C1. The van der Waals surface area contributed by atoms with E-state index in [0.29, 0.717) is 6.42 Å². The van der Waals surface area contributed by atoms with Gasteiger partial charge in [-0.2, -0.15) is 5.26 Å². The van der Waals surface area contributed by atoms with Gasteiger partial charge in [0.25, 0.3) is 0 Å². The number of hydrogen-bond acceptors (Lipinski definition) is 3. The summed E-state index contributed by atoms with van der Waals surface area (Å²) in [4.78, 5) is 0. The van der Waals surface area contributed by atoms with Crippen molar-refractivity contribution in [1.29, 1.82) is 5.26 Å². The first-order valence-corrected chi connectivity index (χ1v) is 4.14. The summed E-state index contributed by atoms with van der Waals surface area (Å²) >= 11 is 0. The number of hydrogen-bond donors (Lipinski definition) is 1. The normalized spacial score (nSPS) is 25.5. The molecule has 0 aliphatic carbocycles. The summed E-state index contributed by atoms with van der Waals surface area (Å²) in [7, 11) is 0. The third-order valence-electron chi connectivity index (χ3n) is 2.19. The lowest BCUT2D eigenvalue weighted by molar-refractivity contribution is 0.227. The zero-order chi connectivity index (χ0) is 9.31. The van der Waals surface area contributed by atoms with Crippen LogP contribution in [0.4, 0.5) is 0 Å². The lowest BCUT2D eigenvalue weighted by Crippen LogP contribution is -2.48. The van der Waals surface area contributed by atoms with Gasteiger partial charge in [0.15, 0.2) is 0 Å². The minimum absolute atomic E-state index is 0.278. The fourth-order valence-electron chi connectivity index (χ4n) is 1.46. The molecule has 0 bridgehead atoms. The first kappa shape index (κ1) is 8.09. The fraction of sp³-hybridized carbons (Fsp3) is 0.300. The first-order valence-electron chi connectivity index (χ1n) is 4.14. The van der Waals surface area contributed by atoms with Crippen molar-refractivity contribution < 1.29 is 4.74 Å². The third kappa shape index (κ3) is 1.36. The van der Waals surface area contributed by atoms with Crippen molar-refractivity contribution >= 4 is 0 Å². The zero-order valence-corrected chi connectivity index (χ0v) is 7.16. The van der Waals surface area contributed by atoms with E-state index in [9.17, 15) is 0 Å². The summed E-state index contributed by atoms with van der Waals surface area (Å²) in [6.45, 7) is 0.278. The van der Waals surface area contributed by atoms with Crippen molar-refractivity contribution in [2.24, 2.45) is 5.73 Å². The van der Waals surface area contributed by atoms with Crippen molar-refractivity contribution in [2.75, 3.05) is 6.61 Å². The first-order chi connectivity index (χ1) is 6.23. The number of para-hydroxylation sites is 1. The minimum Gasteiger partial charge on any atom is -0.490 e. The second-order valence-corrected chi connectivity index (χ2v) is 3.34. The van der Waals surface area contributed by atoms with Gasteiger partial charge in [0.1, 0.15) is 17.9 Å². The third-order valence-corrected chi connectivity index (χ3v) is 2.19. The van der Waals surface area contributed by atoms with Gasteiger partial charge in [-0.25, -0.2) is 0 Å². The van der Waals surface area contributed by atoms with Gasteiger partial charge in [-0.1, -0.05) is 18.2 Å². The number of nitrogens with two attached hydrogens (primary N) is 1. The number of nitriles is 1. The van der Waals surface area contributed by atoms with E-state index in [2.05, 4.69) is 6.07 Å². The van der Waals surface area contributed by atoms with Gasteiger partial charge in [-0.05, 0) is 11.6 Å². The number of rotatable bonds is 0. The lowest BCUT2D eigenvalue weighted by atomic mass is 9.91. The molecule has 1 aromatic carbocycles. The van der Waals surface area contributed by atoms with E-state index in [4.69, 9.17) is 15.7 Å². The van der Waals surface area contributed by atoms with Crippen LogP contribution in [0.2, 0.25) is 0 Å². The van der Waals surface area contributed by atoms with E-state index in [0.717, 1.165) is 11.3 Å². The monoisotopic (exact) mass is 174 g/mol. The van der Waals surface area contributed by atoms with Crippen LogP contribution < -0.4 is 10.5 Å². The van der Waals surface area contributed by atoms with Crippen molar-refractivity contribution in [1.82, 2.24) is 0 Å². The van der Waals surface area contributed by atoms with Gasteiger partial charge in [0, 0.05) is 6.42 Å². The molecule has 0 unspecified atom stereocenters. The molecule has 1 heterocycles. The van der Waals surface area contributed by atoms with E-state index in [1.807, 2.05) is 24.3 Å². The maximum absolute atomic E-state index is 8.82. The van der Waals surface area contributed by atoms with Gasteiger partial charge < -0.3 is 10.5 Å². The molecule has 1 atom stereocenters. The van der Waals surface area contributed by atoms with Crippen molar-refractivity contribution in [3.63, 3.8) is 0 Å². The molecule has 0 amide bonds. The quantitative estimate of drug-likeness (QED) is 0.634. The molecule has 13 heavy (non-hydrogen) atoms. The van der Waals surface area contributed by atoms with Crippen LogP contribution in [-0.4, -0.2) is 12.1 Å². The summed E-state index contributed by atoms with van der Waals surface area (Å²) in [6, 6.07) is 9.74. The molecular formula is C10H10N2O. The molecular weight excluding hydrogens is 164 g/mol. The van der Waals surface area contributed by atoms with E-state index in [-0.39, 0.29) is 6.61 Å². The number of fused-ring (bicyclic) bond motifs is 1. The Bertz CT molecular complexity index is 369. The molecule has 3 heteroatoms. The van der Waals surface area contributed by atoms with E-state index in [1.54, 1.807) is 0 Å². The number of nitrogens with zero attached hydrogens (tertiary/aromatic N) is 1. The highest BCUT2D eigenvalue weighted by Gasteiger charge is 2.31. The molecule has 0 radical (unpaired) electrons. The smallest absolute Gasteiger partial charge is 0.142 e. The molecule has 0 spiro atoms. The van der Waals surface area contributed by atoms with Crippen LogP contribution in [0.1, 0.15) is 5.56 Å². The largest absolute Gasteiger partial charge is 0.490 e. The average Bonchev–Trinajstić information content (AvgIpc) is 2.18. The van der Waals surface area contributed by atoms with Crippen LogP contribution in [0.5, 0.6) is 5.75 Å². The Kier molecular flexibility index (Phi) is 1.71. The maximum Gasteiger partial charge on any atom is 0.142 e. The molecule has 2 rings (SSSR count). The van der Waals surface area contributed by atoms with Crippen LogP contribution in [0, 0.1) is 11.3 Å². The lowest BCUT2D eigenvalue weighted by Gasteiger charge is -2.28. The Morgan fingerprint density at radius 3 is 3.00 bits per heavy atom. The predicted octanol–water partition coefficient (Wildman–Crippen LogP) is 0.843. The molecule has 1 aromatic rings. The second-order valence-electron chi connectivity index (χ2n) is 3.34. The van der Waals surface area contributed by atoms with Crippen LogP contribution in [-0.2, 0) is 6.42 Å². The highest BCUT2D eigenvalue weighted by Crippen LogP contribution is 2.27. The maximum atomic E-state index is 8.82. The Hall–Kier alpha value is -1.53. The molecule has 3 nitrogen and oxygen atoms in total. The Labute approximate surface area is 76.7 Å². The highest BCUT2D eigenvalue weighted by atomic mass is 16.5. The Morgan fingerprint density at radius 1 is 1.46 bits per heavy atom. The summed E-state index contributed by atoms with van der Waals surface area (Å²) in [6.07, 6.45) is 0.569. The summed E-state index contributed by atoms with van der Waals surface area (Å²) in [5.41, 5.74) is 5.95. The Balaban J connectivity index is 2.36. The summed E-state index contributed by atoms with van der Waals surface area (Å²) < 4.78 is 5.38. The zero-order valence-electron chi connectivity index (χ0n) is 7.16. The van der Waals surface area contributed by atoms with E-state index < -0.39 is 5.54 Å². The van der Waals surface area contributed by atoms with E-state index in [1.165, 1.54) is 0 Å². The van der Waals surface area contributed by atoms with Crippen LogP contribution in [0.25, 0.3) is 0 Å². The minimum atomic E-state index is -0.853. The van der Waals surface area contributed by atoms with Crippen molar-refractivity contribution in [3.05, 3.63) is 29.8 Å². The topological polar surface area (TPSA) is 59.0 Å². The van der Waals surface area contributed by atoms with Gasteiger partial charge >= 0.3 is 0 Å². The van der Waals surface area contributed by atoms with Gasteiger partial charge in [-0.15, -0.1) is 0 Å². The second kappa shape index (κ2) is 2.75. The molecule has 2 N–H and O–H groups in total. The summed E-state index contributed by atoms with van der Waals surface area (Å²) in [5, 5.41) is 8.82. The van der Waals surface area contributed by atoms with Crippen molar-refractivity contribution in [3.8, 4) is 11.8 Å². The Morgan fingerprint density at radius 2 is 2.23 bits per heavy atom. The van der Waals surface area contributed by atoms with Gasteiger partial charge in [-0.3, -0.25) is 0 Å². The molecule has 66 valence electrons. The van der Waals surface area contributed by atoms with Gasteiger partial charge in [0.2, 0.25) is 0 Å². The number of ether oxygens (including phenoxy) is 1. The standard InChI is InChI=1S/C10H10N2O/c11-6-10(12)5-8-3-1-2-4-9(8)13-7-10/h1-4H,5,7,12H2/t10-/m0/s1. The average molecular weight is 174 g/mol. The molecule has 0 aromatic heterocycles. The fourth-order valence-corrected chi connectivity index (χ4v) is 1.46. The van der Waals surface area contributed by atoms with Gasteiger partial charge in [0.05, 0.1) is 6.07 Å². The molecule has 0 saturated carbocycles. The molecule has 0 fully saturated rings. The van der Waals surface area contributed by atoms with E-state index >= 15 is 0 Å². The molecule has 1 aliphatic rings. The van der Waals surface area contributed by atoms with Crippen LogP contribution in [0.15, 0.2) is 24.3 Å². The number of benzene rings is 1. The highest BCUT2D eigenvalue weighted by molar-refractivity contribution is 5.38. The van der Waals surface area contributed by atoms with Crippen LogP contribution in [0.3, 0.4) is 0 Å². The van der Waals surface area contributed by atoms with Crippen molar-refractivity contribution in [2.45, 2.75) is 12.0 Å². The van der Waals surface area contributed by atoms with Crippen LogP contribution >= 0.6 is 0 Å². The molecule has 0 saturated heterocycles. The summed E-state index contributed by atoms with van der Waals surface area (Å²) in [5.74, 6) is 0.846.